The van der Waals surface area contributed by atoms with Crippen LogP contribution in [0.1, 0.15) is 0 Å². The van der Waals surface area contributed by atoms with Gasteiger partial charge >= 0.3 is 136 Å². The average molecular weight is 333 g/mol. The molecule has 1 aromatic rings. The standard InChI is InChI=1S/C6H6Se3.3Li/c7-4-2-1-3-5(8)6(4)9;;;/h1-3,7-9H;;;/q;3*+1/p-3. The summed E-state index contributed by atoms with van der Waals surface area (Å²) in [6.07, 6.45) is 0. The Morgan fingerprint density at radius 3 is 1.33 bits per heavy atom. The van der Waals surface area contributed by atoms with Gasteiger partial charge in [0.05, 0.1) is 0 Å². The van der Waals surface area contributed by atoms with Crippen LogP contribution >= 0.6 is 0 Å². The first-order chi connectivity index (χ1) is 4.22. The van der Waals surface area contributed by atoms with Crippen LogP contribution in [0.5, 0.6) is 0 Å². The van der Waals surface area contributed by atoms with E-state index < -0.39 is 0 Å². The topological polar surface area (TPSA) is 0 Å². The molecule has 0 aliphatic carbocycles. The quantitative estimate of drug-likeness (QED) is 0.414. The second-order valence-electron chi connectivity index (χ2n) is 1.58. The van der Waals surface area contributed by atoms with Gasteiger partial charge in [0, 0.05) is 0 Å². The van der Waals surface area contributed by atoms with Crippen molar-refractivity contribution in [3.63, 3.8) is 0 Å². The Hall–Kier alpha value is 2.57. The summed E-state index contributed by atoms with van der Waals surface area (Å²) in [6.45, 7) is 0. The van der Waals surface area contributed by atoms with Crippen LogP contribution in [-0.4, -0.2) is 48.0 Å². The van der Waals surface area contributed by atoms with E-state index in [9.17, 15) is 0 Å². The number of benzene rings is 1. The Balaban J connectivity index is -0.000000270. The molecule has 0 aromatic heterocycles. The molecule has 0 aliphatic rings. The molecule has 6 heteroatoms. The van der Waals surface area contributed by atoms with Gasteiger partial charge in [-0.25, -0.2) is 0 Å². The predicted octanol–water partition coefficient (Wildman–Crippen LogP) is -10.9. The van der Waals surface area contributed by atoms with Gasteiger partial charge in [-0.15, -0.1) is 0 Å². The molecule has 0 spiro atoms. The fourth-order valence-corrected chi connectivity index (χ4v) is 1.90. The van der Waals surface area contributed by atoms with Crippen molar-refractivity contribution in [1.82, 2.24) is 0 Å². The molecule has 0 fully saturated rings. The minimum absolute atomic E-state index is 0. The molecule has 0 N–H and O–H groups in total. The third-order valence-electron chi connectivity index (χ3n) is 0.943. The summed E-state index contributed by atoms with van der Waals surface area (Å²) in [5, 5.41) is 0. The summed E-state index contributed by atoms with van der Waals surface area (Å²) < 4.78 is 3.52. The van der Waals surface area contributed by atoms with Gasteiger partial charge in [-0.3, -0.25) is 0 Å². The first-order valence-corrected chi connectivity index (χ1v) is 4.93. The van der Waals surface area contributed by atoms with Crippen molar-refractivity contribution < 1.29 is 56.6 Å². The average Bonchev–Trinajstić information content (AvgIpc) is 1.83. The van der Waals surface area contributed by atoms with Gasteiger partial charge < -0.3 is 0 Å². The zero-order valence-electron chi connectivity index (χ0n) is 7.46. The maximum absolute atomic E-state index is 2.98. The van der Waals surface area contributed by atoms with Crippen molar-refractivity contribution in [2.45, 2.75) is 0 Å². The summed E-state index contributed by atoms with van der Waals surface area (Å²) in [7, 11) is 0. The fourth-order valence-electron chi connectivity index (χ4n) is 0.496. The summed E-state index contributed by atoms with van der Waals surface area (Å²) in [6, 6.07) is 6.08. The van der Waals surface area contributed by atoms with E-state index in [4.69, 9.17) is 0 Å². The van der Waals surface area contributed by atoms with Crippen LogP contribution < -0.4 is 70.0 Å². The molecular weight excluding hydrogens is 330 g/mol. The van der Waals surface area contributed by atoms with Gasteiger partial charge in [0.15, 0.2) is 0 Å². The Bertz CT molecular complexity index is 209. The molecule has 48 valence electrons. The molecule has 1 aromatic carbocycles. The Morgan fingerprint density at radius 2 is 1.08 bits per heavy atom. The second kappa shape index (κ2) is 10.1. The van der Waals surface area contributed by atoms with Crippen molar-refractivity contribution in [3.8, 4) is 0 Å². The van der Waals surface area contributed by atoms with Gasteiger partial charge in [0.2, 0.25) is 0 Å². The normalized spacial score (nSPS) is 7.00. The van der Waals surface area contributed by atoms with Gasteiger partial charge in [-0.05, 0) is 0 Å². The van der Waals surface area contributed by atoms with Crippen molar-refractivity contribution in [1.29, 1.82) is 0 Å². The van der Waals surface area contributed by atoms with E-state index in [1.54, 1.807) is 0 Å². The Morgan fingerprint density at radius 1 is 0.750 bits per heavy atom. The summed E-state index contributed by atoms with van der Waals surface area (Å²) >= 11 is 8.90. The summed E-state index contributed by atoms with van der Waals surface area (Å²) in [4.78, 5) is 0. The van der Waals surface area contributed by atoms with Crippen LogP contribution in [0.4, 0.5) is 0 Å². The molecule has 0 amide bonds. The van der Waals surface area contributed by atoms with E-state index in [-0.39, 0.29) is 56.6 Å². The van der Waals surface area contributed by atoms with Crippen molar-refractivity contribution in [2.75, 3.05) is 0 Å². The van der Waals surface area contributed by atoms with Crippen LogP contribution in [0.3, 0.4) is 0 Å². The summed E-state index contributed by atoms with van der Waals surface area (Å²) in [5.41, 5.74) is 0. The Labute approximate surface area is 134 Å². The molecule has 12 heavy (non-hydrogen) atoms. The van der Waals surface area contributed by atoms with E-state index >= 15 is 0 Å². The van der Waals surface area contributed by atoms with Crippen LogP contribution in [0.2, 0.25) is 0 Å². The molecule has 0 saturated carbocycles. The zero-order valence-corrected chi connectivity index (χ0v) is 12.6. The summed E-state index contributed by atoms with van der Waals surface area (Å²) in [5.74, 6) is 0. The van der Waals surface area contributed by atoms with E-state index in [1.807, 2.05) is 18.2 Å². The van der Waals surface area contributed by atoms with Crippen LogP contribution in [0, 0.1) is 0 Å². The first-order valence-electron chi connectivity index (χ1n) is 2.36. The van der Waals surface area contributed by atoms with Crippen LogP contribution in [0.25, 0.3) is 0 Å². The van der Waals surface area contributed by atoms with Crippen molar-refractivity contribution in [3.05, 3.63) is 18.2 Å². The molecule has 0 radical (unpaired) electrons. The Kier molecular flexibility index (Phi) is 16.9. The molecule has 1 rings (SSSR count). The monoisotopic (exact) mass is 336 g/mol. The number of hydrogen-bond donors (Lipinski definition) is 0. The molecule has 0 unspecified atom stereocenters. The molecular formula is C6H3Li3Se3. The van der Waals surface area contributed by atoms with Crippen LogP contribution in [-0.2, 0) is 0 Å². The van der Waals surface area contributed by atoms with Gasteiger partial charge in [0.1, 0.15) is 0 Å². The van der Waals surface area contributed by atoms with Gasteiger partial charge in [-0.2, -0.15) is 0 Å². The predicted molar refractivity (Wildman–Crippen MR) is 42.6 cm³/mol. The van der Waals surface area contributed by atoms with E-state index in [0.29, 0.717) is 0 Å². The van der Waals surface area contributed by atoms with E-state index in [0.717, 1.165) is 0 Å². The van der Waals surface area contributed by atoms with Gasteiger partial charge in [0.25, 0.3) is 0 Å². The van der Waals surface area contributed by atoms with Gasteiger partial charge in [-0.1, -0.05) is 0 Å². The molecule has 0 aliphatic heterocycles. The molecule has 0 heterocycles. The van der Waals surface area contributed by atoms with Crippen molar-refractivity contribution in [2.24, 2.45) is 0 Å². The molecule has 0 atom stereocenters. The third-order valence-corrected chi connectivity index (χ3v) is 4.60. The molecule has 0 saturated heterocycles. The second-order valence-corrected chi connectivity index (χ2v) is 4.29. The molecule has 0 bridgehead atoms. The minimum atomic E-state index is 0. The molecule has 0 nitrogen and oxygen atoms in total. The zero-order chi connectivity index (χ0) is 6.85. The third kappa shape index (κ3) is 6.13. The first kappa shape index (κ1) is 20.0. The maximum atomic E-state index is 2.98. The fraction of sp³-hybridized carbons (Fsp3) is 0. The van der Waals surface area contributed by atoms with E-state index in [1.165, 1.54) is 13.4 Å². The van der Waals surface area contributed by atoms with Crippen molar-refractivity contribution >= 4 is 61.4 Å². The van der Waals surface area contributed by atoms with Crippen LogP contribution in [0.15, 0.2) is 18.2 Å². The number of rotatable bonds is 0. The number of hydrogen-bond acceptors (Lipinski definition) is 0. The van der Waals surface area contributed by atoms with E-state index in [2.05, 4.69) is 48.0 Å². The SMILES string of the molecule is [Li+].[Li+].[Li+].[Se-]c1cccc([Se-])c1[Se-].